The first-order valence-electron chi connectivity index (χ1n) is 5.18. The molecule has 0 saturated heterocycles. The van der Waals surface area contributed by atoms with Gasteiger partial charge in [0.2, 0.25) is 0 Å². The van der Waals surface area contributed by atoms with Gasteiger partial charge in [0.25, 0.3) is 0 Å². The second kappa shape index (κ2) is 7.74. The van der Waals surface area contributed by atoms with Gasteiger partial charge < -0.3 is 4.74 Å². The van der Waals surface area contributed by atoms with Crippen molar-refractivity contribution >= 4 is 43.9 Å². The van der Waals surface area contributed by atoms with Crippen LogP contribution in [0.15, 0.2) is 0 Å². The van der Waals surface area contributed by atoms with Crippen LogP contribution in [0.1, 0.15) is 39.5 Å². The molecule has 0 heterocycles. The number of unbranched alkanes of at least 4 members (excludes halogenated alkanes) is 2. The summed E-state index contributed by atoms with van der Waals surface area (Å²) in [6, 6.07) is 0. The highest BCUT2D eigenvalue weighted by Gasteiger charge is 2.26. The van der Waals surface area contributed by atoms with Gasteiger partial charge in [-0.25, -0.2) is 4.79 Å². The highest BCUT2D eigenvalue weighted by Crippen LogP contribution is 2.25. The molecule has 0 aliphatic carbocycles. The Morgan fingerprint density at radius 3 is 2.27 bits per heavy atom. The number of carbonyl (C=O) groups is 1. The first-order chi connectivity index (χ1) is 6.84. The zero-order chi connectivity index (χ0) is 11.9. The fourth-order valence-electron chi connectivity index (χ4n) is 1.09. The number of rotatable bonds is 7. The molecule has 90 valence electrons. The summed E-state index contributed by atoms with van der Waals surface area (Å²) >= 11 is 11.6. The number of thiol groups is 3. The van der Waals surface area contributed by atoms with Gasteiger partial charge >= 0.3 is 5.97 Å². The van der Waals surface area contributed by atoms with E-state index in [2.05, 4.69) is 51.7 Å². The summed E-state index contributed by atoms with van der Waals surface area (Å²) in [5.74, 6) is 0.244. The molecule has 15 heavy (non-hydrogen) atoms. The lowest BCUT2D eigenvalue weighted by atomic mass is 10.1. The summed E-state index contributed by atoms with van der Waals surface area (Å²) in [6.45, 7) is 4.84. The van der Waals surface area contributed by atoms with Crippen molar-refractivity contribution < 1.29 is 9.53 Å². The molecule has 0 unspecified atom stereocenters. The van der Waals surface area contributed by atoms with Crippen molar-refractivity contribution in [3.63, 3.8) is 0 Å². The monoisotopic (exact) mass is 268 g/mol. The van der Waals surface area contributed by atoms with Gasteiger partial charge in [-0.05, 0) is 12.3 Å². The van der Waals surface area contributed by atoms with E-state index in [0.717, 1.165) is 18.8 Å². The minimum atomic E-state index is -1.28. The summed E-state index contributed by atoms with van der Waals surface area (Å²) in [5, 5.41) is 0. The Morgan fingerprint density at radius 1 is 1.20 bits per heavy atom. The van der Waals surface area contributed by atoms with E-state index in [0.29, 0.717) is 6.61 Å². The SMILES string of the molecule is CC(C)CCCCCOC(=O)C(S)(S)S. The highest BCUT2D eigenvalue weighted by atomic mass is 32.2. The summed E-state index contributed by atoms with van der Waals surface area (Å²) in [4.78, 5) is 11.2. The number of hydrogen-bond acceptors (Lipinski definition) is 5. The van der Waals surface area contributed by atoms with Gasteiger partial charge in [-0.2, -0.15) is 0 Å². The second-order valence-corrected chi connectivity index (χ2v) is 7.09. The van der Waals surface area contributed by atoms with Crippen molar-refractivity contribution in [2.75, 3.05) is 6.61 Å². The average Bonchev–Trinajstić information content (AvgIpc) is 2.08. The van der Waals surface area contributed by atoms with Crippen molar-refractivity contribution in [3.8, 4) is 0 Å². The van der Waals surface area contributed by atoms with Gasteiger partial charge in [-0.3, -0.25) is 0 Å². The van der Waals surface area contributed by atoms with Gasteiger partial charge in [-0.15, -0.1) is 37.9 Å². The van der Waals surface area contributed by atoms with Crippen LogP contribution in [0.2, 0.25) is 0 Å². The van der Waals surface area contributed by atoms with Crippen molar-refractivity contribution in [3.05, 3.63) is 0 Å². The minimum absolute atomic E-state index is 0.431. The maximum Gasteiger partial charge on any atom is 0.342 e. The lowest BCUT2D eigenvalue weighted by Gasteiger charge is -2.13. The lowest BCUT2D eigenvalue weighted by molar-refractivity contribution is -0.141. The minimum Gasteiger partial charge on any atom is -0.463 e. The molecule has 0 aliphatic heterocycles. The molecule has 0 aromatic rings. The molecule has 2 nitrogen and oxygen atoms in total. The van der Waals surface area contributed by atoms with Crippen LogP contribution in [-0.4, -0.2) is 16.0 Å². The molecule has 0 aliphatic rings. The smallest absolute Gasteiger partial charge is 0.342 e. The molecule has 0 N–H and O–H groups in total. The van der Waals surface area contributed by atoms with Crippen molar-refractivity contribution in [1.29, 1.82) is 0 Å². The number of carbonyl (C=O) groups excluding carboxylic acids is 1. The molecule has 0 saturated carbocycles. The van der Waals surface area contributed by atoms with E-state index >= 15 is 0 Å². The highest BCUT2D eigenvalue weighted by molar-refractivity contribution is 8.18. The second-order valence-electron chi connectivity index (χ2n) is 4.01. The van der Waals surface area contributed by atoms with Crippen LogP contribution in [0.5, 0.6) is 0 Å². The standard InChI is InChI=1S/C10H20O2S3/c1-8(2)6-4-3-5-7-12-9(11)10(13,14)15/h8,13-15H,3-7H2,1-2H3. The van der Waals surface area contributed by atoms with Crippen LogP contribution >= 0.6 is 37.9 Å². The Labute approximate surface area is 109 Å². The van der Waals surface area contributed by atoms with E-state index < -0.39 is 9.38 Å². The first-order valence-corrected chi connectivity index (χ1v) is 6.52. The summed E-state index contributed by atoms with van der Waals surface area (Å²) in [5.41, 5.74) is 0. The zero-order valence-electron chi connectivity index (χ0n) is 9.27. The van der Waals surface area contributed by atoms with Gasteiger partial charge in [0.05, 0.1) is 6.61 Å². The average molecular weight is 268 g/mol. The maximum absolute atomic E-state index is 11.2. The Kier molecular flexibility index (Phi) is 8.01. The molecule has 0 bridgehead atoms. The van der Waals surface area contributed by atoms with Crippen molar-refractivity contribution in [2.24, 2.45) is 5.92 Å². The molecule has 0 fully saturated rings. The maximum atomic E-state index is 11.2. The van der Waals surface area contributed by atoms with Crippen LogP contribution in [-0.2, 0) is 9.53 Å². The van der Waals surface area contributed by atoms with Crippen LogP contribution in [0.3, 0.4) is 0 Å². The van der Waals surface area contributed by atoms with E-state index in [1.165, 1.54) is 12.8 Å². The van der Waals surface area contributed by atoms with E-state index in [4.69, 9.17) is 4.74 Å². The quantitative estimate of drug-likeness (QED) is 0.286. The topological polar surface area (TPSA) is 26.3 Å². The molecular formula is C10H20O2S3. The molecule has 5 heteroatoms. The van der Waals surface area contributed by atoms with Crippen molar-refractivity contribution in [1.82, 2.24) is 0 Å². The molecule has 0 spiro atoms. The fraction of sp³-hybridized carbons (Fsp3) is 0.900. The lowest BCUT2D eigenvalue weighted by Crippen LogP contribution is -2.22. The fourth-order valence-corrected chi connectivity index (χ4v) is 1.29. The largest absolute Gasteiger partial charge is 0.463 e. The predicted octanol–water partition coefficient (Wildman–Crippen LogP) is 3.19. The Balaban J connectivity index is 3.36. The van der Waals surface area contributed by atoms with E-state index in [-0.39, 0.29) is 0 Å². The summed E-state index contributed by atoms with van der Waals surface area (Å²) in [7, 11) is 0. The Morgan fingerprint density at radius 2 is 1.80 bits per heavy atom. The molecule has 0 atom stereocenters. The third-order valence-electron chi connectivity index (χ3n) is 1.93. The van der Waals surface area contributed by atoms with E-state index in [1.54, 1.807) is 0 Å². The van der Waals surface area contributed by atoms with Gasteiger partial charge in [-0.1, -0.05) is 33.1 Å². The third-order valence-corrected chi connectivity index (χ3v) is 2.48. The third kappa shape index (κ3) is 9.45. The molecular weight excluding hydrogens is 248 g/mol. The Bertz CT molecular complexity index is 188. The first kappa shape index (κ1) is 15.5. The summed E-state index contributed by atoms with van der Waals surface area (Å²) in [6.07, 6.45) is 4.39. The molecule has 0 rings (SSSR count). The molecule has 0 radical (unpaired) electrons. The normalized spacial score (nSPS) is 11.9. The van der Waals surface area contributed by atoms with Crippen LogP contribution in [0.4, 0.5) is 0 Å². The van der Waals surface area contributed by atoms with Crippen LogP contribution < -0.4 is 0 Å². The Hall–Kier alpha value is 0.520. The molecule has 0 aromatic heterocycles. The molecule has 0 amide bonds. The zero-order valence-corrected chi connectivity index (χ0v) is 12.0. The van der Waals surface area contributed by atoms with Crippen LogP contribution in [0, 0.1) is 5.92 Å². The van der Waals surface area contributed by atoms with Gasteiger partial charge in [0.15, 0.2) is 3.41 Å². The van der Waals surface area contributed by atoms with Crippen molar-refractivity contribution in [2.45, 2.75) is 42.9 Å². The number of esters is 1. The predicted molar refractivity (Wildman–Crippen MR) is 74.0 cm³/mol. The number of ether oxygens (including phenoxy) is 1. The van der Waals surface area contributed by atoms with E-state index in [1.807, 2.05) is 0 Å². The molecule has 0 aromatic carbocycles. The van der Waals surface area contributed by atoms with Crippen LogP contribution in [0.25, 0.3) is 0 Å². The number of hydrogen-bond donors (Lipinski definition) is 3. The summed E-state index contributed by atoms with van der Waals surface area (Å²) < 4.78 is 3.67. The van der Waals surface area contributed by atoms with Gasteiger partial charge in [0, 0.05) is 0 Å². The van der Waals surface area contributed by atoms with E-state index in [9.17, 15) is 4.79 Å². The van der Waals surface area contributed by atoms with Gasteiger partial charge in [0.1, 0.15) is 0 Å².